The molecule has 5 heteroatoms. The molecule has 2 aromatic carbocycles. The number of ether oxygens (including phenoxy) is 1. The smallest absolute Gasteiger partial charge is 0.195 e. The number of hydrogen-bond acceptors (Lipinski definition) is 4. The van der Waals surface area contributed by atoms with E-state index in [9.17, 15) is 4.79 Å². The Balaban J connectivity index is 1.80. The molecular formula is C16H12BrNO3. The molecule has 3 rings (SSSR count). The third kappa shape index (κ3) is 2.97. The zero-order chi connectivity index (χ0) is 14.7. The Bertz CT molecular complexity index is 768. The van der Waals surface area contributed by atoms with Crippen molar-refractivity contribution in [3.05, 3.63) is 59.8 Å². The Morgan fingerprint density at radius 3 is 2.76 bits per heavy atom. The van der Waals surface area contributed by atoms with Gasteiger partial charge in [-0.2, -0.15) is 0 Å². The van der Waals surface area contributed by atoms with Gasteiger partial charge >= 0.3 is 0 Å². The van der Waals surface area contributed by atoms with Gasteiger partial charge in [0.15, 0.2) is 17.1 Å². The molecule has 0 saturated carbocycles. The van der Waals surface area contributed by atoms with E-state index in [2.05, 4.69) is 21.1 Å². The maximum atomic E-state index is 11.7. The van der Waals surface area contributed by atoms with E-state index in [4.69, 9.17) is 9.26 Å². The zero-order valence-corrected chi connectivity index (χ0v) is 12.7. The first-order valence-electron chi connectivity index (χ1n) is 6.43. The number of nitrogens with zero attached hydrogens (tertiary/aromatic N) is 1. The molecule has 0 spiro atoms. The van der Waals surface area contributed by atoms with Crippen LogP contribution < -0.4 is 4.74 Å². The molecule has 3 aromatic rings. The fraction of sp³-hybridized carbons (Fsp3) is 0.125. The first kappa shape index (κ1) is 13.8. The molecule has 1 heterocycles. The number of ketones is 1. The van der Waals surface area contributed by atoms with Gasteiger partial charge in [0, 0.05) is 6.07 Å². The number of halogens is 1. The summed E-state index contributed by atoms with van der Waals surface area (Å²) >= 11 is 3.13. The highest BCUT2D eigenvalue weighted by atomic mass is 79.9. The van der Waals surface area contributed by atoms with Gasteiger partial charge in [-0.1, -0.05) is 51.4 Å². The lowest BCUT2D eigenvalue weighted by molar-refractivity contribution is 0.101. The minimum Gasteiger partial charge on any atom is -0.489 e. The van der Waals surface area contributed by atoms with E-state index in [-0.39, 0.29) is 11.1 Å². The number of rotatable bonds is 5. The summed E-state index contributed by atoms with van der Waals surface area (Å²) in [5, 5.41) is 4.74. The second-order valence-corrected chi connectivity index (χ2v) is 5.08. The van der Waals surface area contributed by atoms with Crippen molar-refractivity contribution in [1.29, 1.82) is 0 Å². The summed E-state index contributed by atoms with van der Waals surface area (Å²) in [7, 11) is 0. The van der Waals surface area contributed by atoms with Gasteiger partial charge in [0.2, 0.25) is 0 Å². The minimum atomic E-state index is -0.105. The van der Waals surface area contributed by atoms with Crippen LogP contribution in [0.1, 0.15) is 16.1 Å². The van der Waals surface area contributed by atoms with Gasteiger partial charge < -0.3 is 9.26 Å². The molecule has 0 atom stereocenters. The molecule has 0 unspecified atom stereocenters. The van der Waals surface area contributed by atoms with Crippen molar-refractivity contribution in [3.8, 4) is 5.75 Å². The van der Waals surface area contributed by atoms with E-state index in [1.807, 2.05) is 36.4 Å². The highest BCUT2D eigenvalue weighted by Crippen LogP contribution is 2.25. The summed E-state index contributed by atoms with van der Waals surface area (Å²) in [6.07, 6.45) is 0. The maximum Gasteiger partial charge on any atom is 0.195 e. The van der Waals surface area contributed by atoms with Gasteiger partial charge in [0.05, 0.1) is 10.7 Å². The molecule has 0 fully saturated rings. The van der Waals surface area contributed by atoms with Crippen LogP contribution in [0, 0.1) is 0 Å². The Labute approximate surface area is 129 Å². The largest absolute Gasteiger partial charge is 0.489 e. The van der Waals surface area contributed by atoms with Crippen molar-refractivity contribution in [2.75, 3.05) is 5.33 Å². The molecule has 0 amide bonds. The SMILES string of the molecule is O=C(CBr)c1noc2cc(OCc3ccccc3)ccc12. The second kappa shape index (κ2) is 6.10. The highest BCUT2D eigenvalue weighted by Gasteiger charge is 2.15. The Morgan fingerprint density at radius 2 is 2.00 bits per heavy atom. The third-order valence-corrected chi connectivity index (χ3v) is 3.59. The van der Waals surface area contributed by atoms with Gasteiger partial charge in [0.25, 0.3) is 0 Å². The lowest BCUT2D eigenvalue weighted by atomic mass is 10.1. The van der Waals surface area contributed by atoms with E-state index in [1.54, 1.807) is 12.1 Å². The number of hydrogen-bond donors (Lipinski definition) is 0. The summed E-state index contributed by atoms with van der Waals surface area (Å²) in [5.41, 5.74) is 1.98. The normalized spacial score (nSPS) is 10.7. The van der Waals surface area contributed by atoms with Crippen molar-refractivity contribution >= 4 is 32.7 Å². The molecular weight excluding hydrogens is 334 g/mol. The molecule has 21 heavy (non-hydrogen) atoms. The first-order valence-corrected chi connectivity index (χ1v) is 7.55. The van der Waals surface area contributed by atoms with Crippen LogP contribution in [0.5, 0.6) is 5.75 Å². The summed E-state index contributed by atoms with van der Waals surface area (Å²) in [6, 6.07) is 15.3. The van der Waals surface area contributed by atoms with E-state index in [0.29, 0.717) is 29.0 Å². The molecule has 0 aliphatic rings. The number of aromatic nitrogens is 1. The summed E-state index contributed by atoms with van der Waals surface area (Å²) in [5.74, 6) is 0.576. The van der Waals surface area contributed by atoms with E-state index in [1.165, 1.54) is 0 Å². The Morgan fingerprint density at radius 1 is 1.19 bits per heavy atom. The average Bonchev–Trinajstić information content (AvgIpc) is 2.96. The van der Waals surface area contributed by atoms with Crippen molar-refractivity contribution in [2.24, 2.45) is 0 Å². The molecule has 4 nitrogen and oxygen atoms in total. The van der Waals surface area contributed by atoms with Crippen molar-refractivity contribution < 1.29 is 14.1 Å². The van der Waals surface area contributed by atoms with Gasteiger partial charge in [0.1, 0.15) is 12.4 Å². The average molecular weight is 346 g/mol. The summed E-state index contributed by atoms with van der Waals surface area (Å²) in [4.78, 5) is 11.7. The predicted octanol–water partition coefficient (Wildman–Crippen LogP) is 3.98. The summed E-state index contributed by atoms with van der Waals surface area (Å²) < 4.78 is 10.9. The zero-order valence-electron chi connectivity index (χ0n) is 11.1. The highest BCUT2D eigenvalue weighted by molar-refractivity contribution is 9.09. The van der Waals surface area contributed by atoms with Crippen LogP contribution in [0.15, 0.2) is 53.1 Å². The van der Waals surface area contributed by atoms with Crippen LogP contribution in [0.3, 0.4) is 0 Å². The fourth-order valence-corrected chi connectivity index (χ4v) is 2.28. The van der Waals surface area contributed by atoms with Gasteiger partial charge in [-0.15, -0.1) is 0 Å². The number of benzene rings is 2. The van der Waals surface area contributed by atoms with Crippen LogP contribution in [0.25, 0.3) is 11.0 Å². The molecule has 0 saturated heterocycles. The van der Waals surface area contributed by atoms with E-state index >= 15 is 0 Å². The molecule has 1 aromatic heterocycles. The molecule has 0 aliphatic carbocycles. The van der Waals surface area contributed by atoms with Crippen molar-refractivity contribution in [3.63, 3.8) is 0 Å². The van der Waals surface area contributed by atoms with E-state index in [0.717, 1.165) is 5.56 Å². The molecule has 0 radical (unpaired) electrons. The number of carbonyl (C=O) groups is 1. The first-order chi connectivity index (χ1) is 10.3. The van der Waals surface area contributed by atoms with Gasteiger partial charge in [-0.05, 0) is 17.7 Å². The minimum absolute atomic E-state index is 0.105. The van der Waals surface area contributed by atoms with Gasteiger partial charge in [-0.25, -0.2) is 0 Å². The second-order valence-electron chi connectivity index (χ2n) is 4.52. The topological polar surface area (TPSA) is 52.3 Å². The van der Waals surface area contributed by atoms with Crippen molar-refractivity contribution in [1.82, 2.24) is 5.16 Å². The molecule has 0 N–H and O–H groups in total. The lowest BCUT2D eigenvalue weighted by Crippen LogP contribution is -2.00. The Kier molecular flexibility index (Phi) is 4.01. The van der Waals surface area contributed by atoms with Crippen LogP contribution in [0.2, 0.25) is 0 Å². The van der Waals surface area contributed by atoms with Crippen LogP contribution in [-0.2, 0) is 6.61 Å². The number of fused-ring (bicyclic) bond motifs is 1. The van der Waals surface area contributed by atoms with Crippen molar-refractivity contribution in [2.45, 2.75) is 6.61 Å². The van der Waals surface area contributed by atoms with Crippen LogP contribution >= 0.6 is 15.9 Å². The van der Waals surface area contributed by atoms with Crippen LogP contribution in [-0.4, -0.2) is 16.3 Å². The Hall–Kier alpha value is -2.14. The standard InChI is InChI=1S/C16H12BrNO3/c17-9-14(19)16-13-7-6-12(8-15(13)21-18-16)20-10-11-4-2-1-3-5-11/h1-8H,9-10H2. The fourth-order valence-electron chi connectivity index (χ4n) is 2.01. The third-order valence-electron chi connectivity index (χ3n) is 3.08. The van der Waals surface area contributed by atoms with Gasteiger partial charge in [-0.3, -0.25) is 4.79 Å². The number of carbonyl (C=O) groups excluding carboxylic acids is 1. The quantitative estimate of drug-likeness (QED) is 0.518. The number of Topliss-reactive ketones (excluding diaryl/α,β-unsaturated/α-hetero) is 1. The van der Waals surface area contributed by atoms with E-state index < -0.39 is 0 Å². The molecule has 0 bridgehead atoms. The molecule has 0 aliphatic heterocycles. The van der Waals surface area contributed by atoms with Crippen LogP contribution in [0.4, 0.5) is 0 Å². The monoisotopic (exact) mass is 345 g/mol. The number of alkyl halides is 1. The molecule has 106 valence electrons. The lowest BCUT2D eigenvalue weighted by Gasteiger charge is -2.05. The predicted molar refractivity (Wildman–Crippen MR) is 82.9 cm³/mol. The summed E-state index contributed by atoms with van der Waals surface area (Å²) in [6.45, 7) is 0.480. The maximum absolute atomic E-state index is 11.7.